The third-order valence-electron chi connectivity index (χ3n) is 7.15. The lowest BCUT2D eigenvalue weighted by Gasteiger charge is -2.46. The zero-order chi connectivity index (χ0) is 20.2. The molecule has 1 aromatic carbocycles. The highest BCUT2D eigenvalue weighted by atomic mass is 16.5. The van der Waals surface area contributed by atoms with E-state index in [1.807, 2.05) is 19.2 Å². The van der Waals surface area contributed by atoms with E-state index in [4.69, 9.17) is 4.74 Å². The Morgan fingerprint density at radius 3 is 2.55 bits per heavy atom. The average Bonchev–Trinajstić information content (AvgIpc) is 3.61. The van der Waals surface area contributed by atoms with Gasteiger partial charge >= 0.3 is 0 Å². The van der Waals surface area contributed by atoms with E-state index in [1.54, 1.807) is 7.11 Å². The van der Waals surface area contributed by atoms with Crippen molar-refractivity contribution in [2.45, 2.75) is 76.0 Å². The molecule has 1 heterocycles. The van der Waals surface area contributed by atoms with Crippen LogP contribution in [0.5, 0.6) is 5.75 Å². The standard InChI is InChI=1S/C24H37N3O2/c1-25-16-23(24(28)26-15-5-7-19-6-3-4-8-22(19)26)27(20-11-12-20)17-18-9-13-21(29-2)14-10-18/h9-10,13-14,19-20,22-23,25H,3-8,11-12,15-17H2,1-2H3/t19-,22+,23-/m1/s1. The van der Waals surface area contributed by atoms with Crippen LogP contribution in [0.3, 0.4) is 0 Å². The van der Waals surface area contributed by atoms with Crippen molar-refractivity contribution in [3.05, 3.63) is 29.8 Å². The zero-order valence-electron chi connectivity index (χ0n) is 18.1. The van der Waals surface area contributed by atoms with Crippen LogP contribution >= 0.6 is 0 Å². The first kappa shape index (κ1) is 20.7. The van der Waals surface area contributed by atoms with Gasteiger partial charge in [-0.25, -0.2) is 0 Å². The molecule has 4 rings (SSSR count). The number of likely N-dealkylation sites (tertiary alicyclic amines) is 1. The molecule has 0 unspecified atom stereocenters. The first-order valence-corrected chi connectivity index (χ1v) is 11.5. The largest absolute Gasteiger partial charge is 0.497 e. The molecule has 0 radical (unpaired) electrons. The minimum absolute atomic E-state index is 0.0738. The fourth-order valence-corrected chi connectivity index (χ4v) is 5.47. The third kappa shape index (κ3) is 4.77. The van der Waals surface area contributed by atoms with Gasteiger partial charge in [0.1, 0.15) is 11.8 Å². The molecule has 5 heteroatoms. The Hall–Kier alpha value is -1.59. The second-order valence-corrected chi connectivity index (χ2v) is 9.11. The molecule has 2 aliphatic carbocycles. The van der Waals surface area contributed by atoms with Gasteiger partial charge < -0.3 is 15.0 Å². The van der Waals surface area contributed by atoms with Crippen molar-refractivity contribution in [1.29, 1.82) is 0 Å². The second-order valence-electron chi connectivity index (χ2n) is 9.11. The molecule has 160 valence electrons. The van der Waals surface area contributed by atoms with Gasteiger partial charge in [-0.15, -0.1) is 0 Å². The summed E-state index contributed by atoms with van der Waals surface area (Å²) < 4.78 is 5.30. The maximum absolute atomic E-state index is 13.8. The third-order valence-corrected chi connectivity index (χ3v) is 7.15. The lowest BCUT2D eigenvalue weighted by Crippen LogP contribution is -2.58. The molecule has 1 amide bonds. The number of carbonyl (C=O) groups excluding carboxylic acids is 1. The van der Waals surface area contributed by atoms with Crippen molar-refractivity contribution in [2.75, 3.05) is 27.2 Å². The minimum Gasteiger partial charge on any atom is -0.497 e. The van der Waals surface area contributed by atoms with Gasteiger partial charge in [0.05, 0.1) is 7.11 Å². The van der Waals surface area contributed by atoms with Gasteiger partial charge in [-0.1, -0.05) is 25.0 Å². The lowest BCUT2D eigenvalue weighted by molar-refractivity contribution is -0.144. The number of ether oxygens (including phenoxy) is 1. The monoisotopic (exact) mass is 399 g/mol. The molecular formula is C24H37N3O2. The van der Waals surface area contributed by atoms with E-state index >= 15 is 0 Å². The van der Waals surface area contributed by atoms with Gasteiger partial charge in [0.15, 0.2) is 0 Å². The predicted octanol–water partition coefficient (Wildman–Crippen LogP) is 3.43. The number of hydrogen-bond donors (Lipinski definition) is 1. The van der Waals surface area contributed by atoms with Crippen LogP contribution in [-0.2, 0) is 11.3 Å². The van der Waals surface area contributed by atoms with Crippen molar-refractivity contribution in [3.8, 4) is 5.75 Å². The molecule has 5 nitrogen and oxygen atoms in total. The highest BCUT2D eigenvalue weighted by Crippen LogP contribution is 2.37. The summed E-state index contributed by atoms with van der Waals surface area (Å²) >= 11 is 0. The van der Waals surface area contributed by atoms with Crippen LogP contribution in [0.15, 0.2) is 24.3 Å². The molecule has 3 aliphatic rings. The van der Waals surface area contributed by atoms with Gasteiger partial charge in [0.2, 0.25) is 5.91 Å². The summed E-state index contributed by atoms with van der Waals surface area (Å²) in [5.74, 6) is 1.97. The Morgan fingerprint density at radius 1 is 1.14 bits per heavy atom. The molecule has 3 atom stereocenters. The van der Waals surface area contributed by atoms with Crippen LogP contribution in [0, 0.1) is 5.92 Å². The Morgan fingerprint density at radius 2 is 1.86 bits per heavy atom. The van der Waals surface area contributed by atoms with E-state index < -0.39 is 0 Å². The molecule has 1 aromatic rings. The summed E-state index contributed by atoms with van der Waals surface area (Å²) in [6.07, 6.45) is 10.0. The Balaban J connectivity index is 1.52. The van der Waals surface area contributed by atoms with Crippen LogP contribution in [0.1, 0.15) is 56.9 Å². The molecule has 0 spiro atoms. The van der Waals surface area contributed by atoms with Crippen molar-refractivity contribution >= 4 is 5.91 Å². The number of piperidine rings is 1. The van der Waals surface area contributed by atoms with Gasteiger partial charge in [-0.05, 0) is 69.2 Å². The molecule has 0 aromatic heterocycles. The molecule has 0 bridgehead atoms. The number of carbonyl (C=O) groups is 1. The fraction of sp³-hybridized carbons (Fsp3) is 0.708. The minimum atomic E-state index is -0.0738. The quantitative estimate of drug-likeness (QED) is 0.727. The number of hydrogen-bond acceptors (Lipinski definition) is 4. The molecule has 29 heavy (non-hydrogen) atoms. The number of rotatable bonds is 8. The van der Waals surface area contributed by atoms with Gasteiger partial charge in [-0.2, -0.15) is 0 Å². The smallest absolute Gasteiger partial charge is 0.241 e. The number of fused-ring (bicyclic) bond motifs is 1. The van der Waals surface area contributed by atoms with Gasteiger partial charge in [0.25, 0.3) is 0 Å². The van der Waals surface area contributed by atoms with Crippen LogP contribution < -0.4 is 10.1 Å². The van der Waals surface area contributed by atoms with Crippen LogP contribution in [0.25, 0.3) is 0 Å². The number of amides is 1. The molecular weight excluding hydrogens is 362 g/mol. The normalized spacial score (nSPS) is 25.6. The Kier molecular flexibility index (Phi) is 6.76. The van der Waals surface area contributed by atoms with E-state index in [-0.39, 0.29) is 6.04 Å². The Labute approximate surface area is 175 Å². The maximum atomic E-state index is 13.8. The van der Waals surface area contributed by atoms with E-state index in [2.05, 4.69) is 27.2 Å². The van der Waals surface area contributed by atoms with Crippen LogP contribution in [0.4, 0.5) is 0 Å². The first-order chi connectivity index (χ1) is 14.2. The molecule has 1 N–H and O–H groups in total. The number of methoxy groups -OCH3 is 1. The van der Waals surface area contributed by atoms with E-state index in [0.29, 0.717) is 18.0 Å². The summed E-state index contributed by atoms with van der Waals surface area (Å²) in [7, 11) is 3.67. The molecule has 1 saturated heterocycles. The van der Waals surface area contributed by atoms with Crippen LogP contribution in [-0.4, -0.2) is 61.1 Å². The summed E-state index contributed by atoms with van der Waals surface area (Å²) in [6.45, 7) is 2.50. The van der Waals surface area contributed by atoms with Crippen molar-refractivity contribution in [1.82, 2.24) is 15.1 Å². The van der Waals surface area contributed by atoms with Crippen LogP contribution in [0.2, 0.25) is 0 Å². The number of benzene rings is 1. The Bertz CT molecular complexity index is 671. The summed E-state index contributed by atoms with van der Waals surface area (Å²) in [5.41, 5.74) is 1.25. The maximum Gasteiger partial charge on any atom is 0.241 e. The van der Waals surface area contributed by atoms with Gasteiger partial charge in [0, 0.05) is 31.7 Å². The predicted molar refractivity (Wildman–Crippen MR) is 116 cm³/mol. The lowest BCUT2D eigenvalue weighted by atomic mass is 9.78. The topological polar surface area (TPSA) is 44.8 Å². The fourth-order valence-electron chi connectivity index (χ4n) is 5.47. The van der Waals surface area contributed by atoms with E-state index in [9.17, 15) is 4.79 Å². The number of likely N-dealkylation sites (N-methyl/N-ethyl adjacent to an activating group) is 1. The average molecular weight is 400 g/mol. The van der Waals surface area contributed by atoms with E-state index in [1.165, 1.54) is 56.9 Å². The van der Waals surface area contributed by atoms with Gasteiger partial charge in [-0.3, -0.25) is 9.69 Å². The summed E-state index contributed by atoms with van der Waals surface area (Å²) in [4.78, 5) is 18.6. The number of nitrogens with zero attached hydrogens (tertiary/aromatic N) is 2. The van der Waals surface area contributed by atoms with Crippen molar-refractivity contribution in [3.63, 3.8) is 0 Å². The van der Waals surface area contributed by atoms with E-state index in [0.717, 1.165) is 31.3 Å². The summed E-state index contributed by atoms with van der Waals surface area (Å²) in [5, 5.41) is 3.32. The first-order valence-electron chi connectivity index (χ1n) is 11.5. The zero-order valence-corrected chi connectivity index (χ0v) is 18.1. The second kappa shape index (κ2) is 9.48. The molecule has 3 fully saturated rings. The summed E-state index contributed by atoms with van der Waals surface area (Å²) in [6, 6.07) is 9.24. The number of nitrogens with one attached hydrogen (secondary N) is 1. The molecule has 1 aliphatic heterocycles. The van der Waals surface area contributed by atoms with Crippen molar-refractivity contribution in [2.24, 2.45) is 5.92 Å². The SMILES string of the molecule is CNC[C@H](C(=O)N1CCC[C@H]2CCCC[C@@H]21)N(Cc1ccc(OC)cc1)C1CC1. The van der Waals surface area contributed by atoms with Crippen molar-refractivity contribution < 1.29 is 9.53 Å². The molecule has 2 saturated carbocycles. The highest BCUT2D eigenvalue weighted by molar-refractivity contribution is 5.82. The highest BCUT2D eigenvalue weighted by Gasteiger charge is 2.42.